The maximum absolute atomic E-state index is 12.0. The summed E-state index contributed by atoms with van der Waals surface area (Å²) in [5.41, 5.74) is 0.880. The fraction of sp³-hybridized carbons (Fsp3) is 0.947. The summed E-state index contributed by atoms with van der Waals surface area (Å²) in [6.45, 7) is 14.8. The Kier molecular flexibility index (Phi) is 12.5. The predicted molar refractivity (Wildman–Crippen MR) is 125 cm³/mol. The van der Waals surface area contributed by atoms with Gasteiger partial charge in [-0.3, -0.25) is 4.79 Å². The van der Waals surface area contributed by atoms with Crippen molar-refractivity contribution in [1.29, 1.82) is 0 Å². The first kappa shape index (κ1) is 27.0. The van der Waals surface area contributed by atoms with Crippen LogP contribution in [0.4, 0.5) is 0 Å². The highest BCUT2D eigenvalue weighted by molar-refractivity contribution is 6.94. The summed E-state index contributed by atoms with van der Waals surface area (Å²) in [4.78, 5) is 24.6. The van der Waals surface area contributed by atoms with E-state index in [1.807, 2.05) is 13.1 Å². The lowest BCUT2D eigenvalue weighted by Gasteiger charge is -2.37. The highest BCUT2D eigenvalue weighted by Gasteiger charge is 2.39. The number of hydrogen-bond acceptors (Lipinski definition) is 4. The van der Waals surface area contributed by atoms with E-state index in [-0.39, 0.29) is 5.91 Å². The number of nitrogens with one attached hydrogen (secondary N) is 1. The van der Waals surface area contributed by atoms with E-state index in [4.69, 9.17) is 4.12 Å². The van der Waals surface area contributed by atoms with Crippen LogP contribution in [0.5, 0.6) is 0 Å². The van der Waals surface area contributed by atoms with Crippen LogP contribution in [0.25, 0.3) is 0 Å². The van der Waals surface area contributed by atoms with Crippen LogP contribution in [-0.4, -0.2) is 67.7 Å². The molecule has 0 aliphatic carbocycles. The van der Waals surface area contributed by atoms with Crippen LogP contribution in [0.2, 0.25) is 51.0 Å². The van der Waals surface area contributed by atoms with Crippen LogP contribution < -0.4 is 5.32 Å². The van der Waals surface area contributed by atoms with Crippen molar-refractivity contribution in [2.45, 2.75) is 89.5 Å². The van der Waals surface area contributed by atoms with Gasteiger partial charge in [-0.1, -0.05) is 12.8 Å². The van der Waals surface area contributed by atoms with Gasteiger partial charge in [-0.15, -0.1) is 0 Å². The normalized spacial score (nSPS) is 15.0. The van der Waals surface area contributed by atoms with E-state index in [1.165, 1.54) is 12.8 Å². The molecule has 0 aliphatic rings. The Bertz CT molecular complexity index is 405. The van der Waals surface area contributed by atoms with E-state index < -0.39 is 25.0 Å². The van der Waals surface area contributed by atoms with Crippen LogP contribution in [0.15, 0.2) is 0 Å². The average Bonchev–Trinajstić information content (AvgIpc) is 2.43. The second kappa shape index (κ2) is 12.5. The molecule has 0 aromatic rings. The fourth-order valence-electron chi connectivity index (χ4n) is 3.68. The fourth-order valence-corrected chi connectivity index (χ4v) is 19.9. The molecular formula is C19H46N2O3Si3. The highest BCUT2D eigenvalue weighted by Crippen LogP contribution is 2.27. The van der Waals surface area contributed by atoms with Crippen molar-refractivity contribution in [2.24, 2.45) is 0 Å². The quantitative estimate of drug-likeness (QED) is 0.300. The van der Waals surface area contributed by atoms with Gasteiger partial charge in [0, 0.05) is 13.0 Å². The van der Waals surface area contributed by atoms with E-state index in [0.717, 1.165) is 44.1 Å². The molecule has 0 aromatic heterocycles. The number of rotatable bonds is 15. The lowest BCUT2D eigenvalue weighted by molar-refractivity contribution is -0.121. The molecule has 0 saturated heterocycles. The average molecular weight is 435 g/mol. The lowest BCUT2D eigenvalue weighted by atomic mass is 10.1. The summed E-state index contributed by atoms with van der Waals surface area (Å²) in [7, 11) is -1.50. The zero-order chi connectivity index (χ0) is 21.1. The monoisotopic (exact) mass is 434 g/mol. The molecule has 0 spiro atoms. The largest absolute Gasteiger partial charge is 0.456 e. The second-order valence-corrected chi connectivity index (χ2v) is 23.6. The highest BCUT2D eigenvalue weighted by atomic mass is 28.5. The third kappa shape index (κ3) is 17.8. The molecule has 1 unspecified atom stereocenters. The summed E-state index contributed by atoms with van der Waals surface area (Å²) in [5, 5.41) is 3.07. The predicted octanol–water partition coefficient (Wildman–Crippen LogP) is 4.17. The van der Waals surface area contributed by atoms with Gasteiger partial charge in [0.2, 0.25) is 5.91 Å². The lowest BCUT2D eigenvalue weighted by Crippen LogP contribution is -2.50. The molecule has 27 heavy (non-hydrogen) atoms. The first-order valence-electron chi connectivity index (χ1n) is 10.6. The molecule has 1 amide bonds. The minimum Gasteiger partial charge on any atom is -0.456 e. The van der Waals surface area contributed by atoms with Gasteiger partial charge in [-0.2, -0.15) is 0 Å². The molecule has 0 saturated carbocycles. The van der Waals surface area contributed by atoms with Crippen LogP contribution in [0, 0.1) is 0 Å². The SMILES string of the molecule is CN(C)CCCCCCC(=O)NCCC[Si](C)(C[Si](C)(C)O)O[Si](C)(C)C. The van der Waals surface area contributed by atoms with Crippen molar-refractivity contribution >= 4 is 30.9 Å². The van der Waals surface area contributed by atoms with Crippen LogP contribution in [-0.2, 0) is 8.91 Å². The molecule has 0 aliphatic heterocycles. The Morgan fingerprint density at radius 3 is 2.07 bits per heavy atom. The number of carbonyl (C=O) groups is 1. The molecule has 162 valence electrons. The van der Waals surface area contributed by atoms with Gasteiger partial charge < -0.3 is 19.1 Å². The van der Waals surface area contributed by atoms with Crippen molar-refractivity contribution in [1.82, 2.24) is 10.2 Å². The van der Waals surface area contributed by atoms with E-state index in [9.17, 15) is 9.59 Å². The number of carbonyl (C=O) groups excluding carboxylic acids is 1. The third-order valence-electron chi connectivity index (χ3n) is 4.32. The number of nitrogens with zero attached hydrogens (tertiary/aromatic N) is 1. The summed E-state index contributed by atoms with van der Waals surface area (Å²) in [6, 6.07) is 1.01. The Hall–Kier alpha value is 0.000649. The van der Waals surface area contributed by atoms with Crippen molar-refractivity contribution < 1.29 is 13.7 Å². The molecule has 0 fully saturated rings. The summed E-state index contributed by atoms with van der Waals surface area (Å²) < 4.78 is 6.56. The molecule has 0 rings (SSSR count). The van der Waals surface area contributed by atoms with Crippen LogP contribution in [0.3, 0.4) is 0 Å². The second-order valence-electron chi connectivity index (χ2n) is 10.1. The van der Waals surface area contributed by atoms with Gasteiger partial charge in [0.1, 0.15) is 0 Å². The van der Waals surface area contributed by atoms with E-state index in [2.05, 4.69) is 50.5 Å². The van der Waals surface area contributed by atoms with Crippen molar-refractivity contribution in [3.63, 3.8) is 0 Å². The maximum Gasteiger partial charge on any atom is 0.219 e. The van der Waals surface area contributed by atoms with Gasteiger partial charge in [0.25, 0.3) is 0 Å². The smallest absolute Gasteiger partial charge is 0.219 e. The summed E-state index contributed by atoms with van der Waals surface area (Å²) in [6.07, 6.45) is 6.11. The number of unbranched alkanes of at least 4 members (excludes halogenated alkanes) is 3. The van der Waals surface area contributed by atoms with Crippen LogP contribution >= 0.6 is 0 Å². The molecule has 5 nitrogen and oxygen atoms in total. The van der Waals surface area contributed by atoms with Crippen LogP contribution in [0.1, 0.15) is 38.5 Å². The maximum atomic E-state index is 12.0. The van der Waals surface area contributed by atoms with E-state index in [0.29, 0.717) is 6.42 Å². The molecule has 0 heterocycles. The Morgan fingerprint density at radius 1 is 0.963 bits per heavy atom. The topological polar surface area (TPSA) is 61.8 Å². The Morgan fingerprint density at radius 2 is 1.56 bits per heavy atom. The first-order chi connectivity index (χ1) is 12.2. The zero-order valence-corrected chi connectivity index (χ0v) is 22.3. The summed E-state index contributed by atoms with van der Waals surface area (Å²) in [5.74, 6) is 0.175. The molecular weight excluding hydrogens is 388 g/mol. The van der Waals surface area contributed by atoms with E-state index in [1.54, 1.807) is 0 Å². The summed E-state index contributed by atoms with van der Waals surface area (Å²) >= 11 is 0. The zero-order valence-electron chi connectivity index (χ0n) is 19.3. The standard InChI is InChI=1S/C19H46N2O3Si3/c1-21(2)16-12-10-9-11-14-19(22)20-15-13-17-27(8,18-26(6,7)23)24-25(3,4)5/h23H,9-18H2,1-8H3,(H,20,22). The number of amides is 1. The van der Waals surface area contributed by atoms with Gasteiger partial charge >= 0.3 is 0 Å². The molecule has 0 bridgehead atoms. The molecule has 0 radical (unpaired) electrons. The molecule has 8 heteroatoms. The minimum atomic E-state index is -2.14. The Labute approximate surface area is 171 Å². The van der Waals surface area contributed by atoms with Crippen molar-refractivity contribution in [3.05, 3.63) is 0 Å². The third-order valence-corrected chi connectivity index (χ3v) is 16.6. The molecule has 2 N–H and O–H groups in total. The molecule has 1 atom stereocenters. The Balaban J connectivity index is 4.10. The molecule has 0 aromatic carbocycles. The van der Waals surface area contributed by atoms with Crippen molar-refractivity contribution in [2.75, 3.05) is 27.2 Å². The van der Waals surface area contributed by atoms with Gasteiger partial charge in [0.05, 0.1) is 0 Å². The number of hydrogen-bond donors (Lipinski definition) is 2. The van der Waals surface area contributed by atoms with E-state index >= 15 is 0 Å². The van der Waals surface area contributed by atoms with Gasteiger partial charge in [-0.25, -0.2) is 0 Å². The van der Waals surface area contributed by atoms with Crippen molar-refractivity contribution in [3.8, 4) is 0 Å². The van der Waals surface area contributed by atoms with Gasteiger partial charge in [-0.05, 0) is 90.9 Å². The first-order valence-corrected chi connectivity index (χ1v) is 19.9. The van der Waals surface area contributed by atoms with Gasteiger partial charge in [0.15, 0.2) is 25.0 Å². The minimum absolute atomic E-state index is 0.175.